The number of halogens is 3. The molecule has 0 radical (unpaired) electrons. The van der Waals surface area contributed by atoms with Crippen LogP contribution in [0, 0.1) is 0 Å². The second-order valence-corrected chi connectivity index (χ2v) is 9.56. The molecule has 2 rings (SSSR count). The summed E-state index contributed by atoms with van der Waals surface area (Å²) in [6, 6.07) is 0. The molecule has 0 fully saturated rings. The number of methoxy groups -OCH3 is 1. The van der Waals surface area contributed by atoms with Crippen molar-refractivity contribution < 1.29 is 14.3 Å². The van der Waals surface area contributed by atoms with Gasteiger partial charge < -0.3 is 20.7 Å². The number of hydrogen-bond donors (Lipinski definition) is 3. The van der Waals surface area contributed by atoms with E-state index in [2.05, 4.69) is 16.0 Å². The van der Waals surface area contributed by atoms with Crippen molar-refractivity contribution in [3.8, 4) is 0 Å². The number of aryl methyl sites for hydroxylation is 1. The van der Waals surface area contributed by atoms with Crippen molar-refractivity contribution in [1.82, 2.24) is 10.6 Å². The molecule has 0 aromatic carbocycles. The van der Waals surface area contributed by atoms with Crippen molar-refractivity contribution in [3.05, 3.63) is 16.0 Å². The lowest BCUT2D eigenvalue weighted by atomic mass is 9.95. The van der Waals surface area contributed by atoms with Gasteiger partial charge in [0.05, 0.1) is 12.7 Å². The highest BCUT2D eigenvalue weighted by Gasteiger charge is 2.34. The van der Waals surface area contributed by atoms with E-state index >= 15 is 0 Å². The van der Waals surface area contributed by atoms with Crippen LogP contribution in [0.2, 0.25) is 0 Å². The molecule has 1 aliphatic carbocycles. The zero-order valence-corrected chi connectivity index (χ0v) is 18.0. The van der Waals surface area contributed by atoms with Crippen LogP contribution in [0.1, 0.15) is 40.6 Å². The third-order valence-corrected chi connectivity index (χ3v) is 5.82. The number of rotatable bonds is 4. The second kappa shape index (κ2) is 8.93. The molecular weight excluding hydrogens is 441 g/mol. The molecule has 0 aliphatic heterocycles. The SMILES string of the molecule is COC(=O)c1c(NC(=S)N[C@H](NC(C)=O)C(Cl)(Cl)Cl)sc2c1CCCC2. The molecule has 1 aromatic heterocycles. The Kier molecular flexibility index (Phi) is 7.38. The molecule has 0 saturated carbocycles. The number of thiocarbonyl (C=S) groups is 1. The summed E-state index contributed by atoms with van der Waals surface area (Å²) in [6.45, 7) is 1.30. The van der Waals surface area contributed by atoms with E-state index in [4.69, 9.17) is 51.8 Å². The first kappa shape index (κ1) is 21.5. The summed E-state index contributed by atoms with van der Waals surface area (Å²) in [5.41, 5.74) is 1.49. The van der Waals surface area contributed by atoms with Crippen LogP contribution in [-0.4, -0.2) is 34.1 Å². The molecule has 0 bridgehead atoms. The Balaban J connectivity index is 2.21. The van der Waals surface area contributed by atoms with Gasteiger partial charge in [-0.1, -0.05) is 34.8 Å². The lowest BCUT2D eigenvalue weighted by molar-refractivity contribution is -0.119. The number of hydrogen-bond acceptors (Lipinski definition) is 5. The molecule has 11 heteroatoms. The Morgan fingerprint density at radius 3 is 2.46 bits per heavy atom. The highest BCUT2D eigenvalue weighted by atomic mass is 35.6. The van der Waals surface area contributed by atoms with E-state index in [0.717, 1.165) is 36.1 Å². The van der Waals surface area contributed by atoms with Gasteiger partial charge >= 0.3 is 5.97 Å². The monoisotopic (exact) mass is 457 g/mol. The minimum absolute atomic E-state index is 0.110. The van der Waals surface area contributed by atoms with Gasteiger partial charge in [-0.2, -0.15) is 0 Å². The number of carbonyl (C=O) groups excluding carboxylic acids is 2. The number of ether oxygens (including phenoxy) is 1. The average Bonchev–Trinajstić information content (AvgIpc) is 2.89. The van der Waals surface area contributed by atoms with Gasteiger partial charge in [0.2, 0.25) is 9.70 Å². The maximum Gasteiger partial charge on any atom is 0.341 e. The number of anilines is 1. The van der Waals surface area contributed by atoms with Gasteiger partial charge in [-0.25, -0.2) is 4.79 Å². The van der Waals surface area contributed by atoms with Crippen LogP contribution >= 0.6 is 58.4 Å². The van der Waals surface area contributed by atoms with Crippen molar-refractivity contribution in [2.24, 2.45) is 0 Å². The topological polar surface area (TPSA) is 79.5 Å². The van der Waals surface area contributed by atoms with Crippen LogP contribution in [-0.2, 0) is 22.4 Å². The fraction of sp³-hybridized carbons (Fsp3) is 0.533. The zero-order chi connectivity index (χ0) is 19.5. The fourth-order valence-electron chi connectivity index (χ4n) is 2.65. The molecule has 1 aliphatic rings. The number of fused-ring (bicyclic) bond motifs is 1. The number of thiophene rings is 1. The number of alkyl halides is 3. The summed E-state index contributed by atoms with van der Waals surface area (Å²) in [7, 11) is 1.34. The van der Waals surface area contributed by atoms with Crippen LogP contribution < -0.4 is 16.0 Å². The predicted octanol–water partition coefficient (Wildman–Crippen LogP) is 3.53. The summed E-state index contributed by atoms with van der Waals surface area (Å²) < 4.78 is 3.09. The summed E-state index contributed by atoms with van der Waals surface area (Å²) in [6.07, 6.45) is 2.79. The van der Waals surface area contributed by atoms with E-state index in [-0.39, 0.29) is 5.11 Å². The van der Waals surface area contributed by atoms with Gasteiger partial charge in [-0.05, 0) is 43.5 Å². The zero-order valence-electron chi connectivity index (χ0n) is 14.1. The Bertz CT molecular complexity index is 719. The van der Waals surface area contributed by atoms with Crippen LogP contribution in [0.5, 0.6) is 0 Å². The van der Waals surface area contributed by atoms with E-state index in [1.54, 1.807) is 0 Å². The Morgan fingerprint density at radius 1 is 1.23 bits per heavy atom. The van der Waals surface area contributed by atoms with E-state index in [0.29, 0.717) is 10.6 Å². The normalized spacial score (nSPS) is 14.8. The van der Waals surface area contributed by atoms with Crippen LogP contribution in [0.3, 0.4) is 0 Å². The summed E-state index contributed by atoms with van der Waals surface area (Å²) in [5.74, 6) is -0.812. The van der Waals surface area contributed by atoms with Gasteiger partial charge in [0, 0.05) is 11.8 Å². The molecule has 144 valence electrons. The van der Waals surface area contributed by atoms with Crippen molar-refractivity contribution in [2.45, 2.75) is 42.6 Å². The first-order valence-electron chi connectivity index (χ1n) is 7.77. The predicted molar refractivity (Wildman–Crippen MR) is 110 cm³/mol. The van der Waals surface area contributed by atoms with Gasteiger partial charge in [-0.15, -0.1) is 11.3 Å². The van der Waals surface area contributed by atoms with E-state index in [1.165, 1.54) is 25.4 Å². The lowest BCUT2D eigenvalue weighted by Crippen LogP contribution is -2.55. The van der Waals surface area contributed by atoms with Crippen LogP contribution in [0.4, 0.5) is 5.00 Å². The number of carbonyl (C=O) groups is 2. The number of amides is 1. The molecule has 0 saturated heterocycles. The molecule has 6 nitrogen and oxygen atoms in total. The van der Waals surface area contributed by atoms with Crippen molar-refractivity contribution in [2.75, 3.05) is 12.4 Å². The maximum absolute atomic E-state index is 12.2. The maximum atomic E-state index is 12.2. The summed E-state index contributed by atoms with van der Waals surface area (Å²) >= 11 is 24.3. The first-order chi connectivity index (χ1) is 12.1. The smallest absolute Gasteiger partial charge is 0.341 e. The fourth-order valence-corrected chi connectivity index (χ4v) is 4.54. The molecule has 1 aromatic rings. The highest BCUT2D eigenvalue weighted by Crippen LogP contribution is 2.38. The molecule has 26 heavy (non-hydrogen) atoms. The molecule has 0 spiro atoms. The molecule has 1 heterocycles. The minimum atomic E-state index is -1.82. The van der Waals surface area contributed by atoms with Crippen molar-refractivity contribution in [1.29, 1.82) is 0 Å². The molecular formula is C15H18Cl3N3O3S2. The van der Waals surface area contributed by atoms with Gasteiger partial charge in [0.1, 0.15) is 11.2 Å². The van der Waals surface area contributed by atoms with E-state index < -0.39 is 21.8 Å². The Morgan fingerprint density at radius 2 is 1.88 bits per heavy atom. The Hall–Kier alpha value is -0.800. The molecule has 1 amide bonds. The van der Waals surface area contributed by atoms with Gasteiger partial charge in [0.15, 0.2) is 5.11 Å². The lowest BCUT2D eigenvalue weighted by Gasteiger charge is -2.27. The van der Waals surface area contributed by atoms with E-state index in [9.17, 15) is 9.59 Å². The average molecular weight is 459 g/mol. The molecule has 0 unspecified atom stereocenters. The minimum Gasteiger partial charge on any atom is -0.465 e. The Labute approximate surface area is 175 Å². The standard InChI is InChI=1S/C15H18Cl3N3O3S2/c1-7(22)19-13(15(16,17)18)21-14(25)20-11-10(12(23)24-2)8-5-3-4-6-9(8)26-11/h13H,3-6H2,1-2H3,(H,19,22)(H2,20,21,25)/t13-/m0/s1. The van der Waals surface area contributed by atoms with Gasteiger partial charge in [0.25, 0.3) is 0 Å². The third kappa shape index (κ3) is 5.36. The summed E-state index contributed by atoms with van der Waals surface area (Å²) in [4.78, 5) is 24.7. The van der Waals surface area contributed by atoms with E-state index in [1.807, 2.05) is 0 Å². The van der Waals surface area contributed by atoms with Crippen molar-refractivity contribution >= 4 is 80.3 Å². The highest BCUT2D eigenvalue weighted by molar-refractivity contribution is 7.80. The number of esters is 1. The number of nitrogens with one attached hydrogen (secondary N) is 3. The second-order valence-electron chi connectivity index (χ2n) is 5.68. The van der Waals surface area contributed by atoms with Crippen LogP contribution in [0.15, 0.2) is 0 Å². The molecule has 1 atom stereocenters. The van der Waals surface area contributed by atoms with Gasteiger partial charge in [-0.3, -0.25) is 4.79 Å². The first-order valence-corrected chi connectivity index (χ1v) is 10.1. The van der Waals surface area contributed by atoms with Crippen LogP contribution in [0.25, 0.3) is 0 Å². The molecule has 3 N–H and O–H groups in total. The summed E-state index contributed by atoms with van der Waals surface area (Å²) in [5, 5.41) is 8.88. The third-order valence-electron chi connectivity index (χ3n) is 3.74. The quantitative estimate of drug-likeness (QED) is 0.277. The van der Waals surface area contributed by atoms with Crippen molar-refractivity contribution in [3.63, 3.8) is 0 Å². The largest absolute Gasteiger partial charge is 0.465 e.